The maximum Gasteiger partial charge on any atom is 0.177 e. The van der Waals surface area contributed by atoms with Gasteiger partial charge in [0.15, 0.2) is 5.78 Å². The zero-order valence-electron chi connectivity index (χ0n) is 7.70. The molecule has 0 unspecified atom stereocenters. The van der Waals surface area contributed by atoms with E-state index >= 15 is 0 Å². The van der Waals surface area contributed by atoms with Crippen LogP contribution in [0.25, 0.3) is 5.52 Å². The number of rotatable bonds is 2. The number of carbonyl (C=O) groups is 1. The van der Waals surface area contributed by atoms with Crippen molar-refractivity contribution in [2.24, 2.45) is 0 Å². The molecule has 0 atom stereocenters. The van der Waals surface area contributed by atoms with E-state index in [-0.39, 0.29) is 5.78 Å². The lowest BCUT2D eigenvalue weighted by atomic mass is 10.2. The topological polar surface area (TPSA) is 34.4 Å². The molecule has 3 nitrogen and oxygen atoms in total. The summed E-state index contributed by atoms with van der Waals surface area (Å²) in [5, 5.41) is 4.44. The second-order valence-electron chi connectivity index (χ2n) is 3.15. The minimum atomic E-state index is 0.0607. The molecular formula is C10H9BrN2O. The van der Waals surface area contributed by atoms with Crippen molar-refractivity contribution in [2.45, 2.75) is 6.92 Å². The smallest absolute Gasteiger partial charge is 0.177 e. The molecule has 2 heterocycles. The SMILES string of the molecule is Cc1ccn2ncc(C(=O)CBr)c2c1. The highest BCUT2D eigenvalue weighted by Crippen LogP contribution is 2.13. The number of aryl methyl sites for hydroxylation is 1. The molecule has 0 saturated carbocycles. The largest absolute Gasteiger partial charge is 0.293 e. The summed E-state index contributed by atoms with van der Waals surface area (Å²) in [6.07, 6.45) is 3.47. The van der Waals surface area contributed by atoms with Crippen LogP contribution in [0, 0.1) is 6.92 Å². The van der Waals surface area contributed by atoms with E-state index < -0.39 is 0 Å². The van der Waals surface area contributed by atoms with E-state index in [1.807, 2.05) is 25.3 Å². The first-order valence-electron chi connectivity index (χ1n) is 4.25. The number of halogens is 1. The van der Waals surface area contributed by atoms with Gasteiger partial charge in [-0.05, 0) is 24.6 Å². The zero-order chi connectivity index (χ0) is 10.1. The van der Waals surface area contributed by atoms with E-state index in [1.54, 1.807) is 10.7 Å². The molecule has 0 aliphatic heterocycles. The lowest BCUT2D eigenvalue weighted by Crippen LogP contribution is -1.99. The van der Waals surface area contributed by atoms with Crippen LogP contribution in [0.15, 0.2) is 24.5 Å². The second-order valence-corrected chi connectivity index (χ2v) is 3.71. The molecule has 2 aromatic rings. The van der Waals surface area contributed by atoms with Crippen LogP contribution < -0.4 is 0 Å². The zero-order valence-corrected chi connectivity index (χ0v) is 9.28. The highest BCUT2D eigenvalue weighted by molar-refractivity contribution is 9.09. The van der Waals surface area contributed by atoms with E-state index in [0.717, 1.165) is 11.1 Å². The molecule has 0 bridgehead atoms. The van der Waals surface area contributed by atoms with Gasteiger partial charge in [0.25, 0.3) is 0 Å². The minimum absolute atomic E-state index is 0.0607. The van der Waals surface area contributed by atoms with Gasteiger partial charge in [0.2, 0.25) is 0 Å². The average Bonchev–Trinajstić information content (AvgIpc) is 2.59. The molecular weight excluding hydrogens is 244 g/mol. The standard InChI is InChI=1S/C10H9BrN2O/c1-7-2-3-13-9(4-7)8(6-12-13)10(14)5-11/h2-4,6H,5H2,1H3. The first-order valence-corrected chi connectivity index (χ1v) is 5.37. The summed E-state index contributed by atoms with van der Waals surface area (Å²) in [7, 11) is 0. The number of pyridine rings is 1. The molecule has 0 N–H and O–H groups in total. The Bertz CT molecular complexity index is 490. The summed E-state index contributed by atoms with van der Waals surface area (Å²) in [5.41, 5.74) is 2.67. The van der Waals surface area contributed by atoms with Crippen LogP contribution in [0.2, 0.25) is 0 Å². The lowest BCUT2D eigenvalue weighted by molar-refractivity contribution is 0.102. The van der Waals surface area contributed by atoms with E-state index in [9.17, 15) is 4.79 Å². The van der Waals surface area contributed by atoms with Gasteiger partial charge in [0, 0.05) is 6.20 Å². The van der Waals surface area contributed by atoms with Gasteiger partial charge < -0.3 is 0 Å². The van der Waals surface area contributed by atoms with Gasteiger partial charge in [0.05, 0.1) is 22.6 Å². The minimum Gasteiger partial charge on any atom is -0.293 e. The van der Waals surface area contributed by atoms with Crippen molar-refractivity contribution in [1.29, 1.82) is 0 Å². The molecule has 0 aliphatic carbocycles. The van der Waals surface area contributed by atoms with Crippen LogP contribution in [0.4, 0.5) is 0 Å². The third-order valence-electron chi connectivity index (χ3n) is 2.10. The van der Waals surface area contributed by atoms with Gasteiger partial charge in [0.1, 0.15) is 0 Å². The first kappa shape index (κ1) is 9.40. The Hall–Kier alpha value is -1.16. The predicted octanol–water partition coefficient (Wildman–Crippen LogP) is 2.22. The maximum atomic E-state index is 11.5. The summed E-state index contributed by atoms with van der Waals surface area (Å²) >= 11 is 3.15. The third-order valence-corrected chi connectivity index (χ3v) is 2.61. The highest BCUT2D eigenvalue weighted by Gasteiger charge is 2.10. The van der Waals surface area contributed by atoms with E-state index in [4.69, 9.17) is 0 Å². The molecule has 72 valence electrons. The molecule has 0 saturated heterocycles. The molecule has 4 heteroatoms. The van der Waals surface area contributed by atoms with Crippen LogP contribution >= 0.6 is 15.9 Å². The van der Waals surface area contributed by atoms with Gasteiger partial charge in [-0.15, -0.1) is 0 Å². The highest BCUT2D eigenvalue weighted by atomic mass is 79.9. The predicted molar refractivity (Wildman–Crippen MR) is 58.1 cm³/mol. The van der Waals surface area contributed by atoms with Gasteiger partial charge in [-0.25, -0.2) is 4.52 Å². The summed E-state index contributed by atoms with van der Waals surface area (Å²) in [6, 6.07) is 3.92. The Labute approximate surface area is 89.9 Å². The van der Waals surface area contributed by atoms with Crippen molar-refractivity contribution in [2.75, 3.05) is 5.33 Å². The molecule has 0 fully saturated rings. The van der Waals surface area contributed by atoms with E-state index in [2.05, 4.69) is 21.0 Å². The van der Waals surface area contributed by atoms with Gasteiger partial charge >= 0.3 is 0 Å². The van der Waals surface area contributed by atoms with Gasteiger partial charge in [-0.2, -0.15) is 5.10 Å². The van der Waals surface area contributed by atoms with Gasteiger partial charge in [-0.3, -0.25) is 4.79 Å². The van der Waals surface area contributed by atoms with Crippen molar-refractivity contribution in [3.8, 4) is 0 Å². The number of hydrogen-bond donors (Lipinski definition) is 0. The Morgan fingerprint density at radius 3 is 3.14 bits per heavy atom. The second kappa shape index (κ2) is 3.53. The van der Waals surface area contributed by atoms with E-state index in [1.165, 1.54) is 0 Å². The van der Waals surface area contributed by atoms with Crippen molar-refractivity contribution in [3.63, 3.8) is 0 Å². The first-order chi connectivity index (χ1) is 6.72. The Morgan fingerprint density at radius 2 is 2.43 bits per heavy atom. The Kier molecular flexibility index (Phi) is 2.37. The number of Topliss-reactive ketones (excluding diaryl/α,β-unsaturated/α-hetero) is 1. The van der Waals surface area contributed by atoms with Crippen molar-refractivity contribution >= 4 is 27.2 Å². The van der Waals surface area contributed by atoms with Crippen molar-refractivity contribution in [1.82, 2.24) is 9.61 Å². The number of alkyl halides is 1. The maximum absolute atomic E-state index is 11.5. The van der Waals surface area contributed by atoms with Crippen LogP contribution in [0.1, 0.15) is 15.9 Å². The summed E-state index contributed by atoms with van der Waals surface area (Å²) in [6.45, 7) is 2.00. The number of carbonyl (C=O) groups excluding carboxylic acids is 1. The number of fused-ring (bicyclic) bond motifs is 1. The van der Waals surface area contributed by atoms with Crippen molar-refractivity contribution in [3.05, 3.63) is 35.7 Å². The third kappa shape index (κ3) is 1.46. The molecule has 0 amide bonds. The molecule has 0 aromatic carbocycles. The number of ketones is 1. The molecule has 0 aliphatic rings. The lowest BCUT2D eigenvalue weighted by Gasteiger charge is -1.97. The van der Waals surface area contributed by atoms with Gasteiger partial charge in [-0.1, -0.05) is 15.9 Å². The fourth-order valence-electron chi connectivity index (χ4n) is 1.37. The monoisotopic (exact) mass is 252 g/mol. The molecule has 2 aromatic heterocycles. The van der Waals surface area contributed by atoms with Crippen LogP contribution in [0.5, 0.6) is 0 Å². The summed E-state index contributed by atoms with van der Waals surface area (Å²) in [4.78, 5) is 11.5. The average molecular weight is 253 g/mol. The summed E-state index contributed by atoms with van der Waals surface area (Å²) < 4.78 is 1.71. The van der Waals surface area contributed by atoms with E-state index in [0.29, 0.717) is 10.9 Å². The summed E-state index contributed by atoms with van der Waals surface area (Å²) in [5.74, 6) is 0.0607. The Balaban J connectivity index is 2.67. The number of hydrogen-bond acceptors (Lipinski definition) is 2. The number of aromatic nitrogens is 2. The van der Waals surface area contributed by atoms with Crippen molar-refractivity contribution < 1.29 is 4.79 Å². The fourth-order valence-corrected chi connectivity index (χ4v) is 1.68. The molecule has 14 heavy (non-hydrogen) atoms. The quantitative estimate of drug-likeness (QED) is 0.607. The molecule has 0 radical (unpaired) electrons. The normalized spacial score (nSPS) is 10.7. The fraction of sp³-hybridized carbons (Fsp3) is 0.200. The van der Waals surface area contributed by atoms with Crippen LogP contribution in [0.3, 0.4) is 0 Å². The molecule has 0 spiro atoms. The molecule has 2 rings (SSSR count). The Morgan fingerprint density at radius 1 is 1.64 bits per heavy atom. The number of nitrogens with zero attached hydrogens (tertiary/aromatic N) is 2. The van der Waals surface area contributed by atoms with Crippen LogP contribution in [-0.2, 0) is 0 Å². The van der Waals surface area contributed by atoms with Crippen LogP contribution in [-0.4, -0.2) is 20.7 Å².